The molecular formula is C23H23N5. The van der Waals surface area contributed by atoms with Crippen LogP contribution in [0.25, 0.3) is 22.4 Å². The van der Waals surface area contributed by atoms with Gasteiger partial charge in [0.1, 0.15) is 5.82 Å². The first-order chi connectivity index (χ1) is 13.8. The standard InChI is InChI=1S/C23H23N5/c1-2-28-21-11-7-6-10-20(21)25-22(28)16-27-13-12-19-18(15-27)14-24-23(26-19)17-8-4-3-5-9-17/h3-11,14H,2,12-13,15-16H2,1H3. The van der Waals surface area contributed by atoms with Crippen molar-refractivity contribution in [3.8, 4) is 11.4 Å². The summed E-state index contributed by atoms with van der Waals surface area (Å²) in [7, 11) is 0. The number of hydrogen-bond donors (Lipinski definition) is 0. The van der Waals surface area contributed by atoms with Gasteiger partial charge in [-0.1, -0.05) is 42.5 Å². The average Bonchev–Trinajstić information content (AvgIpc) is 3.11. The monoisotopic (exact) mass is 369 g/mol. The lowest BCUT2D eigenvalue weighted by molar-refractivity contribution is 0.234. The summed E-state index contributed by atoms with van der Waals surface area (Å²) in [6.07, 6.45) is 2.95. The van der Waals surface area contributed by atoms with Gasteiger partial charge in [-0.2, -0.15) is 0 Å². The highest BCUT2D eigenvalue weighted by molar-refractivity contribution is 5.75. The first kappa shape index (κ1) is 17.1. The number of aryl methyl sites for hydroxylation is 1. The molecule has 1 aliphatic heterocycles. The van der Waals surface area contributed by atoms with E-state index in [0.29, 0.717) is 0 Å². The molecule has 3 heterocycles. The molecule has 0 saturated carbocycles. The van der Waals surface area contributed by atoms with Crippen LogP contribution >= 0.6 is 0 Å². The molecule has 0 amide bonds. The number of fused-ring (bicyclic) bond motifs is 2. The van der Waals surface area contributed by atoms with E-state index in [1.54, 1.807) is 0 Å². The fourth-order valence-corrected chi connectivity index (χ4v) is 4.03. The Balaban J connectivity index is 1.38. The van der Waals surface area contributed by atoms with Crippen molar-refractivity contribution < 1.29 is 0 Å². The minimum atomic E-state index is 0.820. The molecule has 0 saturated heterocycles. The predicted molar refractivity (Wildman–Crippen MR) is 111 cm³/mol. The van der Waals surface area contributed by atoms with Gasteiger partial charge in [-0.25, -0.2) is 15.0 Å². The minimum Gasteiger partial charge on any atom is -0.327 e. The summed E-state index contributed by atoms with van der Waals surface area (Å²) in [6, 6.07) is 18.6. The smallest absolute Gasteiger partial charge is 0.159 e. The summed E-state index contributed by atoms with van der Waals surface area (Å²) in [5, 5.41) is 0. The Labute approximate surface area is 164 Å². The second-order valence-electron chi connectivity index (χ2n) is 7.25. The molecule has 1 aliphatic rings. The molecule has 2 aromatic heterocycles. The van der Waals surface area contributed by atoms with Crippen LogP contribution in [-0.2, 0) is 26.1 Å². The van der Waals surface area contributed by atoms with Crippen molar-refractivity contribution in [3.05, 3.63) is 77.9 Å². The fraction of sp³-hybridized carbons (Fsp3) is 0.261. The second-order valence-corrected chi connectivity index (χ2v) is 7.25. The molecule has 5 rings (SSSR count). The van der Waals surface area contributed by atoms with Crippen molar-refractivity contribution in [3.63, 3.8) is 0 Å². The number of aromatic nitrogens is 4. The lowest BCUT2D eigenvalue weighted by atomic mass is 10.1. The van der Waals surface area contributed by atoms with Gasteiger partial charge in [-0.15, -0.1) is 0 Å². The molecule has 0 atom stereocenters. The number of hydrogen-bond acceptors (Lipinski definition) is 4. The molecule has 0 aliphatic carbocycles. The molecule has 0 bridgehead atoms. The molecule has 5 nitrogen and oxygen atoms in total. The van der Waals surface area contributed by atoms with E-state index < -0.39 is 0 Å². The van der Waals surface area contributed by atoms with Gasteiger partial charge >= 0.3 is 0 Å². The molecule has 0 N–H and O–H groups in total. The molecule has 0 radical (unpaired) electrons. The van der Waals surface area contributed by atoms with Gasteiger partial charge in [-0.3, -0.25) is 4.90 Å². The molecule has 5 heteroatoms. The maximum atomic E-state index is 4.88. The number of para-hydroxylation sites is 2. The van der Waals surface area contributed by atoms with Crippen LogP contribution in [0.5, 0.6) is 0 Å². The third kappa shape index (κ3) is 3.08. The number of imidazole rings is 1. The van der Waals surface area contributed by atoms with Crippen LogP contribution in [0.1, 0.15) is 24.0 Å². The minimum absolute atomic E-state index is 0.820. The molecule has 4 aromatic rings. The van der Waals surface area contributed by atoms with Crippen molar-refractivity contribution >= 4 is 11.0 Å². The predicted octanol–water partition coefficient (Wildman–Crippen LogP) is 4.07. The first-order valence-electron chi connectivity index (χ1n) is 9.88. The van der Waals surface area contributed by atoms with Crippen LogP contribution in [-0.4, -0.2) is 31.0 Å². The Kier molecular flexibility index (Phi) is 4.37. The molecular weight excluding hydrogens is 346 g/mol. The van der Waals surface area contributed by atoms with Crippen LogP contribution in [0.3, 0.4) is 0 Å². The molecule has 0 unspecified atom stereocenters. The zero-order valence-electron chi connectivity index (χ0n) is 16.0. The highest BCUT2D eigenvalue weighted by atomic mass is 15.2. The normalized spacial score (nSPS) is 14.3. The van der Waals surface area contributed by atoms with E-state index in [9.17, 15) is 0 Å². The highest BCUT2D eigenvalue weighted by Crippen LogP contribution is 2.23. The van der Waals surface area contributed by atoms with Gasteiger partial charge < -0.3 is 4.57 Å². The third-order valence-corrected chi connectivity index (χ3v) is 5.46. The Morgan fingerprint density at radius 2 is 1.79 bits per heavy atom. The van der Waals surface area contributed by atoms with E-state index in [1.165, 1.54) is 16.8 Å². The maximum absolute atomic E-state index is 4.88. The summed E-state index contributed by atoms with van der Waals surface area (Å²) < 4.78 is 2.32. The summed E-state index contributed by atoms with van der Waals surface area (Å²) >= 11 is 0. The Hall–Kier alpha value is -3.05. The number of benzene rings is 2. The van der Waals surface area contributed by atoms with Crippen molar-refractivity contribution in [1.29, 1.82) is 0 Å². The Bertz CT molecular complexity index is 1120. The molecule has 28 heavy (non-hydrogen) atoms. The first-order valence-corrected chi connectivity index (χ1v) is 9.88. The third-order valence-electron chi connectivity index (χ3n) is 5.46. The van der Waals surface area contributed by atoms with Crippen LogP contribution in [0.15, 0.2) is 60.8 Å². The number of nitrogens with zero attached hydrogens (tertiary/aromatic N) is 5. The van der Waals surface area contributed by atoms with Crippen molar-refractivity contribution in [2.75, 3.05) is 6.54 Å². The van der Waals surface area contributed by atoms with Crippen molar-refractivity contribution in [1.82, 2.24) is 24.4 Å². The number of rotatable bonds is 4. The topological polar surface area (TPSA) is 46.8 Å². The van der Waals surface area contributed by atoms with E-state index in [2.05, 4.69) is 57.8 Å². The fourth-order valence-electron chi connectivity index (χ4n) is 4.03. The quantitative estimate of drug-likeness (QED) is 0.544. The largest absolute Gasteiger partial charge is 0.327 e. The van der Waals surface area contributed by atoms with Crippen LogP contribution in [0.4, 0.5) is 0 Å². The van der Waals surface area contributed by atoms with E-state index in [0.717, 1.165) is 55.3 Å². The lowest BCUT2D eigenvalue weighted by Crippen LogP contribution is -2.32. The zero-order chi connectivity index (χ0) is 18.9. The van der Waals surface area contributed by atoms with Gasteiger partial charge in [0.15, 0.2) is 5.82 Å². The van der Waals surface area contributed by atoms with Gasteiger partial charge in [0, 0.05) is 43.4 Å². The van der Waals surface area contributed by atoms with Crippen LogP contribution in [0, 0.1) is 0 Å². The van der Waals surface area contributed by atoms with Crippen molar-refractivity contribution in [2.45, 2.75) is 33.0 Å². The van der Waals surface area contributed by atoms with E-state index in [1.807, 2.05) is 24.4 Å². The van der Waals surface area contributed by atoms with Gasteiger partial charge in [-0.05, 0) is 19.1 Å². The second kappa shape index (κ2) is 7.17. The Morgan fingerprint density at radius 3 is 2.64 bits per heavy atom. The van der Waals surface area contributed by atoms with Gasteiger partial charge in [0.25, 0.3) is 0 Å². The summed E-state index contributed by atoms with van der Waals surface area (Å²) in [5.74, 6) is 1.95. The molecule has 2 aromatic carbocycles. The van der Waals surface area contributed by atoms with Crippen LogP contribution < -0.4 is 0 Å². The highest BCUT2D eigenvalue weighted by Gasteiger charge is 2.21. The summed E-state index contributed by atoms with van der Waals surface area (Å²) in [6.45, 7) is 5.83. The van der Waals surface area contributed by atoms with Gasteiger partial charge in [0.2, 0.25) is 0 Å². The molecule has 0 spiro atoms. The van der Waals surface area contributed by atoms with Crippen LogP contribution in [0.2, 0.25) is 0 Å². The average molecular weight is 369 g/mol. The summed E-state index contributed by atoms with van der Waals surface area (Å²) in [4.78, 5) is 16.8. The lowest BCUT2D eigenvalue weighted by Gasteiger charge is -2.27. The zero-order valence-corrected chi connectivity index (χ0v) is 16.0. The maximum Gasteiger partial charge on any atom is 0.159 e. The van der Waals surface area contributed by atoms with Crippen molar-refractivity contribution in [2.24, 2.45) is 0 Å². The van der Waals surface area contributed by atoms with E-state index in [-0.39, 0.29) is 0 Å². The van der Waals surface area contributed by atoms with E-state index >= 15 is 0 Å². The molecule has 0 fully saturated rings. The molecule has 140 valence electrons. The van der Waals surface area contributed by atoms with E-state index in [4.69, 9.17) is 9.97 Å². The SMILES string of the molecule is CCn1c(CN2CCc3nc(-c4ccccc4)ncc3C2)nc2ccccc21. The summed E-state index contributed by atoms with van der Waals surface area (Å²) in [5.41, 5.74) is 5.77. The Morgan fingerprint density at radius 1 is 0.964 bits per heavy atom. The van der Waals surface area contributed by atoms with Gasteiger partial charge in [0.05, 0.1) is 23.3 Å².